The van der Waals surface area contributed by atoms with Crippen molar-refractivity contribution in [2.45, 2.75) is 25.4 Å². The third-order valence-corrected chi connectivity index (χ3v) is 6.55. The molecule has 0 bridgehead atoms. The molecule has 0 radical (unpaired) electrons. The predicted octanol–water partition coefficient (Wildman–Crippen LogP) is 4.09. The van der Waals surface area contributed by atoms with Gasteiger partial charge in [-0.1, -0.05) is 18.2 Å². The maximum Gasteiger partial charge on any atom is 0.261 e. The van der Waals surface area contributed by atoms with Gasteiger partial charge in [0.15, 0.2) is 0 Å². The highest BCUT2D eigenvalue weighted by Gasteiger charge is 2.21. The average Bonchev–Trinajstić information content (AvgIpc) is 3.39. The molecule has 7 heteroatoms. The van der Waals surface area contributed by atoms with Gasteiger partial charge in [-0.25, -0.2) is 0 Å². The summed E-state index contributed by atoms with van der Waals surface area (Å²) < 4.78 is 5.22. The van der Waals surface area contributed by atoms with Gasteiger partial charge in [-0.2, -0.15) is 0 Å². The first kappa shape index (κ1) is 21.9. The van der Waals surface area contributed by atoms with Gasteiger partial charge in [0.25, 0.3) is 11.8 Å². The minimum absolute atomic E-state index is 0.0536. The van der Waals surface area contributed by atoms with E-state index in [9.17, 15) is 9.59 Å². The van der Waals surface area contributed by atoms with Crippen LogP contribution in [0, 0.1) is 0 Å². The summed E-state index contributed by atoms with van der Waals surface area (Å²) in [5.74, 6) is 0.719. The van der Waals surface area contributed by atoms with E-state index in [0.717, 1.165) is 37.2 Å². The van der Waals surface area contributed by atoms with E-state index < -0.39 is 0 Å². The molecule has 2 amide bonds. The van der Waals surface area contributed by atoms with Crippen LogP contribution in [0.3, 0.4) is 0 Å². The quantitative estimate of drug-likeness (QED) is 0.570. The van der Waals surface area contributed by atoms with Crippen LogP contribution in [0.2, 0.25) is 0 Å². The second-order valence-electron chi connectivity index (χ2n) is 7.79. The number of rotatable bonds is 7. The fourth-order valence-electron chi connectivity index (χ4n) is 3.79. The summed E-state index contributed by atoms with van der Waals surface area (Å²) in [6.07, 6.45) is 1.81. The molecule has 0 spiro atoms. The van der Waals surface area contributed by atoms with Crippen LogP contribution in [-0.2, 0) is 6.54 Å². The van der Waals surface area contributed by atoms with Crippen molar-refractivity contribution in [2.24, 2.45) is 0 Å². The molecule has 0 atom stereocenters. The van der Waals surface area contributed by atoms with Crippen molar-refractivity contribution in [2.75, 3.05) is 25.1 Å². The van der Waals surface area contributed by atoms with E-state index in [1.807, 2.05) is 47.8 Å². The van der Waals surface area contributed by atoms with E-state index in [4.69, 9.17) is 4.74 Å². The van der Waals surface area contributed by atoms with E-state index in [1.165, 1.54) is 17.0 Å². The first-order chi connectivity index (χ1) is 15.6. The summed E-state index contributed by atoms with van der Waals surface area (Å²) in [7, 11) is 1.67. The van der Waals surface area contributed by atoms with E-state index in [2.05, 4.69) is 27.7 Å². The summed E-state index contributed by atoms with van der Waals surface area (Å²) >= 11 is 1.42. The van der Waals surface area contributed by atoms with Crippen molar-refractivity contribution >= 4 is 28.8 Å². The molecule has 2 N–H and O–H groups in total. The largest absolute Gasteiger partial charge is 0.497 e. The van der Waals surface area contributed by atoms with E-state index in [1.54, 1.807) is 13.2 Å². The molecule has 1 aromatic heterocycles. The van der Waals surface area contributed by atoms with Gasteiger partial charge in [-0.05, 0) is 66.2 Å². The number of nitrogens with zero attached hydrogens (tertiary/aromatic N) is 1. The van der Waals surface area contributed by atoms with Gasteiger partial charge in [0, 0.05) is 36.9 Å². The van der Waals surface area contributed by atoms with Gasteiger partial charge in [0.05, 0.1) is 12.0 Å². The monoisotopic (exact) mass is 449 g/mol. The van der Waals surface area contributed by atoms with Crippen LogP contribution in [0.25, 0.3) is 0 Å². The second kappa shape index (κ2) is 10.3. The molecular formula is C25H27N3O3S. The molecule has 2 aromatic carbocycles. The Morgan fingerprint density at radius 2 is 1.72 bits per heavy atom. The molecule has 6 nitrogen and oxygen atoms in total. The number of nitrogens with one attached hydrogen (secondary N) is 2. The molecule has 1 aliphatic rings. The molecule has 1 fully saturated rings. The lowest BCUT2D eigenvalue weighted by Crippen LogP contribution is -2.44. The number of piperidine rings is 1. The molecule has 2 heterocycles. The maximum atomic E-state index is 12.7. The Balaban J connectivity index is 1.24. The number of ether oxygens (including phenoxy) is 1. The minimum atomic E-state index is -0.0807. The number of carbonyl (C=O) groups excluding carboxylic acids is 2. The molecule has 1 aliphatic heterocycles. The molecule has 32 heavy (non-hydrogen) atoms. The van der Waals surface area contributed by atoms with Crippen LogP contribution < -0.4 is 20.3 Å². The van der Waals surface area contributed by atoms with E-state index in [-0.39, 0.29) is 17.9 Å². The lowest BCUT2D eigenvalue weighted by molar-refractivity contribution is 0.0928. The number of hydrogen-bond donors (Lipinski definition) is 2. The van der Waals surface area contributed by atoms with E-state index in [0.29, 0.717) is 17.0 Å². The topological polar surface area (TPSA) is 70.7 Å². The number of hydrogen-bond acceptors (Lipinski definition) is 5. The summed E-state index contributed by atoms with van der Waals surface area (Å²) in [6.45, 7) is 2.24. The standard InChI is InChI=1S/C25H27N3O3S/c1-31-22-10-8-21(9-11-22)28-14-12-20(13-15-28)27-24(29)19-6-4-18(5-7-19)17-26-25(30)23-3-2-16-32-23/h2-11,16,20H,12-15,17H2,1H3,(H,26,30)(H,27,29). The SMILES string of the molecule is COc1ccc(N2CCC(NC(=O)c3ccc(CNC(=O)c4cccs4)cc3)CC2)cc1. The Morgan fingerprint density at radius 1 is 1.00 bits per heavy atom. The summed E-state index contributed by atoms with van der Waals surface area (Å²) in [6, 6.07) is 19.3. The van der Waals surface area contributed by atoms with Crippen molar-refractivity contribution in [3.63, 3.8) is 0 Å². The van der Waals surface area contributed by atoms with Gasteiger partial charge in [-0.15, -0.1) is 11.3 Å². The molecule has 0 saturated carbocycles. The van der Waals surface area contributed by atoms with Crippen molar-refractivity contribution in [3.05, 3.63) is 82.0 Å². The maximum absolute atomic E-state index is 12.7. The van der Waals surface area contributed by atoms with Gasteiger partial charge < -0.3 is 20.3 Å². The normalized spacial score (nSPS) is 14.1. The highest BCUT2D eigenvalue weighted by molar-refractivity contribution is 7.12. The van der Waals surface area contributed by atoms with Crippen molar-refractivity contribution in [3.8, 4) is 5.75 Å². The third kappa shape index (κ3) is 5.48. The zero-order valence-electron chi connectivity index (χ0n) is 18.0. The lowest BCUT2D eigenvalue weighted by Gasteiger charge is -2.34. The number of thiophene rings is 1. The number of amides is 2. The molecular weight excluding hydrogens is 422 g/mol. The second-order valence-corrected chi connectivity index (χ2v) is 8.74. The first-order valence-corrected chi connectivity index (χ1v) is 11.6. The molecule has 3 aromatic rings. The Bertz CT molecular complexity index is 1030. The predicted molar refractivity (Wildman–Crippen MR) is 128 cm³/mol. The Morgan fingerprint density at radius 3 is 2.34 bits per heavy atom. The van der Waals surface area contributed by atoms with Crippen molar-refractivity contribution < 1.29 is 14.3 Å². The lowest BCUT2D eigenvalue weighted by atomic mass is 10.0. The van der Waals surface area contributed by atoms with Crippen LogP contribution >= 0.6 is 11.3 Å². The van der Waals surface area contributed by atoms with Gasteiger partial charge in [0.2, 0.25) is 0 Å². The summed E-state index contributed by atoms with van der Waals surface area (Å²) in [4.78, 5) is 27.7. The highest BCUT2D eigenvalue weighted by atomic mass is 32.1. The van der Waals surface area contributed by atoms with Crippen LogP contribution in [0.1, 0.15) is 38.4 Å². The first-order valence-electron chi connectivity index (χ1n) is 10.7. The fourth-order valence-corrected chi connectivity index (χ4v) is 4.44. The number of methoxy groups -OCH3 is 1. The summed E-state index contributed by atoms with van der Waals surface area (Å²) in [5.41, 5.74) is 2.77. The third-order valence-electron chi connectivity index (χ3n) is 5.68. The van der Waals surface area contributed by atoms with Crippen molar-refractivity contribution in [1.29, 1.82) is 0 Å². The molecule has 0 unspecified atom stereocenters. The zero-order chi connectivity index (χ0) is 22.3. The number of benzene rings is 2. The van der Waals surface area contributed by atoms with Crippen LogP contribution in [0.5, 0.6) is 5.75 Å². The molecule has 1 saturated heterocycles. The van der Waals surface area contributed by atoms with Gasteiger partial charge >= 0.3 is 0 Å². The smallest absolute Gasteiger partial charge is 0.261 e. The number of carbonyl (C=O) groups is 2. The van der Waals surface area contributed by atoms with Crippen molar-refractivity contribution in [1.82, 2.24) is 10.6 Å². The Labute approximate surface area is 192 Å². The fraction of sp³-hybridized carbons (Fsp3) is 0.280. The number of anilines is 1. The van der Waals surface area contributed by atoms with E-state index >= 15 is 0 Å². The Hall–Kier alpha value is -3.32. The molecule has 4 rings (SSSR count). The summed E-state index contributed by atoms with van der Waals surface area (Å²) in [5, 5.41) is 7.94. The Kier molecular flexibility index (Phi) is 7.07. The average molecular weight is 450 g/mol. The van der Waals surface area contributed by atoms with Gasteiger partial charge in [-0.3, -0.25) is 9.59 Å². The van der Waals surface area contributed by atoms with Gasteiger partial charge in [0.1, 0.15) is 5.75 Å². The van der Waals surface area contributed by atoms with Crippen LogP contribution in [0.4, 0.5) is 5.69 Å². The minimum Gasteiger partial charge on any atom is -0.497 e. The van der Waals surface area contributed by atoms with Crippen LogP contribution in [0.15, 0.2) is 66.0 Å². The molecule has 0 aliphatic carbocycles. The molecule has 166 valence electrons. The zero-order valence-corrected chi connectivity index (χ0v) is 18.9. The highest BCUT2D eigenvalue weighted by Crippen LogP contribution is 2.23. The van der Waals surface area contributed by atoms with Crippen LogP contribution in [-0.4, -0.2) is 38.1 Å².